The van der Waals surface area contributed by atoms with Gasteiger partial charge in [-0.25, -0.2) is 9.37 Å². The van der Waals surface area contributed by atoms with Crippen molar-refractivity contribution in [2.45, 2.75) is 32.2 Å². The molecule has 1 fully saturated rings. The van der Waals surface area contributed by atoms with E-state index < -0.39 is 18.5 Å². The van der Waals surface area contributed by atoms with Crippen LogP contribution in [0.25, 0.3) is 11.3 Å². The molecular weight excluding hydrogens is 338 g/mol. The Balaban J connectivity index is 1.87. The van der Waals surface area contributed by atoms with E-state index in [-0.39, 0.29) is 17.2 Å². The third-order valence-corrected chi connectivity index (χ3v) is 4.04. The molecule has 8 heteroatoms. The van der Waals surface area contributed by atoms with E-state index in [4.69, 9.17) is 0 Å². The van der Waals surface area contributed by atoms with Gasteiger partial charge in [-0.3, -0.25) is 9.78 Å². The zero-order valence-electron chi connectivity index (χ0n) is 13.2. The first-order valence-corrected chi connectivity index (χ1v) is 7.74. The van der Waals surface area contributed by atoms with Gasteiger partial charge in [0.25, 0.3) is 0 Å². The summed E-state index contributed by atoms with van der Waals surface area (Å²) >= 11 is 0. The first kappa shape index (κ1) is 17.3. The summed E-state index contributed by atoms with van der Waals surface area (Å²) < 4.78 is 51.6. The highest BCUT2D eigenvalue weighted by molar-refractivity contribution is 5.78. The topological polar surface area (TPSA) is 46.1 Å². The van der Waals surface area contributed by atoms with Crippen molar-refractivity contribution in [3.8, 4) is 11.3 Å². The fourth-order valence-corrected chi connectivity index (χ4v) is 2.73. The lowest BCUT2D eigenvalue weighted by atomic mass is 10.1. The standard InChI is InChI=1S/C17H15F4N3O/c18-8-11-4-6-14(17(19,20)21)23-16(11)12-3-5-13(22-9-12)10-24-7-1-2-15(24)25/h3-6,9H,1-2,7-8,10H2. The zero-order valence-corrected chi connectivity index (χ0v) is 13.2. The second-order valence-corrected chi connectivity index (χ2v) is 5.79. The fraction of sp³-hybridized carbons (Fsp3) is 0.353. The lowest BCUT2D eigenvalue weighted by Crippen LogP contribution is -2.24. The molecule has 4 nitrogen and oxygen atoms in total. The number of alkyl halides is 4. The van der Waals surface area contributed by atoms with Crippen LogP contribution in [0.4, 0.5) is 17.6 Å². The van der Waals surface area contributed by atoms with E-state index in [2.05, 4.69) is 9.97 Å². The van der Waals surface area contributed by atoms with E-state index in [9.17, 15) is 22.4 Å². The van der Waals surface area contributed by atoms with Gasteiger partial charge in [0.1, 0.15) is 12.4 Å². The van der Waals surface area contributed by atoms with Crippen LogP contribution in [0.15, 0.2) is 30.5 Å². The van der Waals surface area contributed by atoms with Gasteiger partial charge < -0.3 is 4.90 Å². The summed E-state index contributed by atoms with van der Waals surface area (Å²) in [5, 5.41) is 0. The van der Waals surface area contributed by atoms with E-state index in [1.165, 1.54) is 6.20 Å². The smallest absolute Gasteiger partial charge is 0.337 e. The molecule has 0 spiro atoms. The number of pyridine rings is 2. The van der Waals surface area contributed by atoms with Gasteiger partial charge >= 0.3 is 6.18 Å². The number of likely N-dealkylation sites (tertiary alicyclic amines) is 1. The summed E-state index contributed by atoms with van der Waals surface area (Å²) in [5.41, 5.74) is -0.166. The van der Waals surface area contributed by atoms with Gasteiger partial charge in [0.05, 0.1) is 17.9 Å². The van der Waals surface area contributed by atoms with Crippen LogP contribution in [0.1, 0.15) is 29.8 Å². The average molecular weight is 353 g/mol. The largest absolute Gasteiger partial charge is 0.433 e. The van der Waals surface area contributed by atoms with Crippen LogP contribution in [0.3, 0.4) is 0 Å². The SMILES string of the molecule is O=C1CCCN1Cc1ccc(-c2nc(C(F)(F)F)ccc2CF)cn1. The van der Waals surface area contributed by atoms with Gasteiger partial charge in [-0.15, -0.1) is 0 Å². The van der Waals surface area contributed by atoms with Crippen molar-refractivity contribution >= 4 is 5.91 Å². The van der Waals surface area contributed by atoms with Crippen LogP contribution in [0, 0.1) is 0 Å². The van der Waals surface area contributed by atoms with Gasteiger partial charge in [0.2, 0.25) is 5.91 Å². The Morgan fingerprint density at radius 3 is 2.52 bits per heavy atom. The Hall–Kier alpha value is -2.51. The number of nitrogens with zero attached hydrogens (tertiary/aromatic N) is 3. The molecule has 1 aliphatic heterocycles. The van der Waals surface area contributed by atoms with Crippen LogP contribution in [0.5, 0.6) is 0 Å². The quantitative estimate of drug-likeness (QED) is 0.787. The Morgan fingerprint density at radius 2 is 1.96 bits per heavy atom. The van der Waals surface area contributed by atoms with Crippen LogP contribution in [-0.4, -0.2) is 27.3 Å². The van der Waals surface area contributed by atoms with Crippen molar-refractivity contribution in [2.24, 2.45) is 0 Å². The monoisotopic (exact) mass is 353 g/mol. The summed E-state index contributed by atoms with van der Waals surface area (Å²) in [7, 11) is 0. The summed E-state index contributed by atoms with van der Waals surface area (Å²) in [6.45, 7) is 0.0963. The second kappa shape index (κ2) is 6.78. The maximum Gasteiger partial charge on any atom is 0.433 e. The molecule has 3 heterocycles. The molecule has 0 bridgehead atoms. The molecule has 132 valence electrons. The van der Waals surface area contributed by atoms with Crippen molar-refractivity contribution < 1.29 is 22.4 Å². The number of aromatic nitrogens is 2. The molecule has 0 radical (unpaired) electrons. The van der Waals surface area contributed by atoms with Gasteiger partial charge in [0, 0.05) is 30.3 Å². The first-order chi connectivity index (χ1) is 11.9. The van der Waals surface area contributed by atoms with Gasteiger partial charge in [-0.05, 0) is 24.6 Å². The molecule has 0 N–H and O–H groups in total. The molecule has 0 unspecified atom stereocenters. The Morgan fingerprint density at radius 1 is 1.16 bits per heavy atom. The zero-order chi connectivity index (χ0) is 18.0. The van der Waals surface area contributed by atoms with E-state index >= 15 is 0 Å². The van der Waals surface area contributed by atoms with E-state index in [0.717, 1.165) is 18.6 Å². The Labute approximate surface area is 141 Å². The normalized spacial score (nSPS) is 15.0. The molecule has 2 aromatic rings. The second-order valence-electron chi connectivity index (χ2n) is 5.79. The molecule has 2 aromatic heterocycles. The lowest BCUT2D eigenvalue weighted by Gasteiger charge is -2.15. The highest BCUT2D eigenvalue weighted by atomic mass is 19.4. The molecule has 1 amide bonds. The van der Waals surface area contributed by atoms with E-state index in [1.54, 1.807) is 17.0 Å². The first-order valence-electron chi connectivity index (χ1n) is 7.74. The molecular formula is C17H15F4N3O. The molecule has 0 aliphatic carbocycles. The van der Waals surface area contributed by atoms with Crippen molar-refractivity contribution in [2.75, 3.05) is 6.54 Å². The minimum Gasteiger partial charge on any atom is -0.337 e. The van der Waals surface area contributed by atoms with Gasteiger partial charge in [0.15, 0.2) is 0 Å². The average Bonchev–Trinajstić information content (AvgIpc) is 2.99. The van der Waals surface area contributed by atoms with Crippen molar-refractivity contribution in [1.29, 1.82) is 0 Å². The predicted molar refractivity (Wildman–Crippen MR) is 81.9 cm³/mol. The Kier molecular flexibility index (Phi) is 4.69. The number of halogens is 4. The number of hydrogen-bond donors (Lipinski definition) is 0. The van der Waals surface area contributed by atoms with Crippen LogP contribution >= 0.6 is 0 Å². The Bertz CT molecular complexity index is 774. The highest BCUT2D eigenvalue weighted by Crippen LogP contribution is 2.31. The maximum absolute atomic E-state index is 13.1. The summed E-state index contributed by atoms with van der Waals surface area (Å²) in [6, 6.07) is 5.01. The molecule has 0 aromatic carbocycles. The minimum atomic E-state index is -4.60. The molecule has 1 saturated heterocycles. The molecule has 0 atom stereocenters. The van der Waals surface area contributed by atoms with Gasteiger partial charge in [-0.2, -0.15) is 13.2 Å². The van der Waals surface area contributed by atoms with Crippen LogP contribution < -0.4 is 0 Å². The third-order valence-electron chi connectivity index (χ3n) is 4.04. The molecule has 1 aliphatic rings. The number of amides is 1. The third kappa shape index (κ3) is 3.78. The van der Waals surface area contributed by atoms with Crippen molar-refractivity contribution in [3.63, 3.8) is 0 Å². The van der Waals surface area contributed by atoms with Crippen LogP contribution in [-0.2, 0) is 24.2 Å². The van der Waals surface area contributed by atoms with Crippen molar-refractivity contribution in [1.82, 2.24) is 14.9 Å². The summed E-state index contributed by atoms with van der Waals surface area (Å²) in [6.07, 6.45) is -1.92. The number of hydrogen-bond acceptors (Lipinski definition) is 3. The summed E-state index contributed by atoms with van der Waals surface area (Å²) in [4.78, 5) is 21.0. The molecule has 3 rings (SSSR count). The summed E-state index contributed by atoms with van der Waals surface area (Å²) in [5.74, 6) is 0.0603. The van der Waals surface area contributed by atoms with Gasteiger partial charge in [-0.1, -0.05) is 6.07 Å². The highest BCUT2D eigenvalue weighted by Gasteiger charge is 2.33. The molecule has 0 saturated carbocycles. The van der Waals surface area contributed by atoms with E-state index in [1.807, 2.05) is 0 Å². The number of carbonyl (C=O) groups excluding carboxylic acids is 1. The van der Waals surface area contributed by atoms with Crippen molar-refractivity contribution in [3.05, 3.63) is 47.4 Å². The van der Waals surface area contributed by atoms with E-state index in [0.29, 0.717) is 30.8 Å². The molecule has 25 heavy (non-hydrogen) atoms. The number of carbonyl (C=O) groups is 1. The van der Waals surface area contributed by atoms with Crippen LogP contribution in [0.2, 0.25) is 0 Å². The maximum atomic E-state index is 13.1. The lowest BCUT2D eigenvalue weighted by molar-refractivity contribution is -0.141. The number of rotatable bonds is 4. The fourth-order valence-electron chi connectivity index (χ4n) is 2.73. The predicted octanol–water partition coefficient (Wildman–Crippen LogP) is 3.75. The minimum absolute atomic E-state index is 0.0603.